The zero-order chi connectivity index (χ0) is 31.3. The Balaban J connectivity index is 1.10. The van der Waals surface area contributed by atoms with Crippen LogP contribution in [0.2, 0.25) is 5.02 Å². The second kappa shape index (κ2) is 13.8. The van der Waals surface area contributed by atoms with Crippen molar-refractivity contribution >= 4 is 40.5 Å². The number of aromatic nitrogens is 2. The SMILES string of the molecule is O=C1N=C(N2CCN(Cc3ccccc3)CC2)S/C1=C\c1cn(-c2ccccc2)nc1-c1cccc(OCc2ccc(Cl)cc2)c1. The number of nitrogens with zero attached hydrogens (tertiary/aromatic N) is 5. The quantitative estimate of drug-likeness (QED) is 0.162. The smallest absolute Gasteiger partial charge is 0.286 e. The normalized spacial score (nSPS) is 16.2. The molecule has 0 atom stereocenters. The molecule has 1 saturated heterocycles. The Bertz CT molecular complexity index is 1880. The van der Waals surface area contributed by atoms with E-state index in [9.17, 15) is 4.79 Å². The first kappa shape index (κ1) is 30.0. The number of piperazine rings is 1. The molecule has 230 valence electrons. The summed E-state index contributed by atoms with van der Waals surface area (Å²) >= 11 is 7.48. The molecule has 46 heavy (non-hydrogen) atoms. The number of ether oxygens (including phenoxy) is 1. The number of hydrogen-bond acceptors (Lipinski definition) is 6. The lowest BCUT2D eigenvalue weighted by Crippen LogP contribution is -2.47. The fourth-order valence-corrected chi connectivity index (χ4v) is 6.61. The number of para-hydroxylation sites is 1. The Morgan fingerprint density at radius 1 is 0.826 bits per heavy atom. The second-order valence-electron chi connectivity index (χ2n) is 11.2. The highest BCUT2D eigenvalue weighted by Crippen LogP contribution is 2.34. The molecule has 0 aliphatic carbocycles. The molecule has 0 radical (unpaired) electrons. The molecule has 1 aromatic heterocycles. The molecule has 0 saturated carbocycles. The maximum atomic E-state index is 13.2. The van der Waals surface area contributed by atoms with Crippen LogP contribution in [0.3, 0.4) is 0 Å². The number of benzene rings is 4. The summed E-state index contributed by atoms with van der Waals surface area (Å²) < 4.78 is 7.97. The van der Waals surface area contributed by atoms with E-state index < -0.39 is 0 Å². The molecule has 0 N–H and O–H groups in total. The molecular weight excluding hydrogens is 614 g/mol. The van der Waals surface area contributed by atoms with Crippen molar-refractivity contribution in [3.8, 4) is 22.7 Å². The fourth-order valence-electron chi connectivity index (χ4n) is 5.52. The van der Waals surface area contributed by atoms with Gasteiger partial charge in [-0.25, -0.2) is 4.68 Å². The van der Waals surface area contributed by atoms with Crippen molar-refractivity contribution in [1.29, 1.82) is 0 Å². The van der Waals surface area contributed by atoms with Crippen LogP contribution in [-0.2, 0) is 17.9 Å². The monoisotopic (exact) mass is 645 g/mol. The lowest BCUT2D eigenvalue weighted by atomic mass is 10.1. The van der Waals surface area contributed by atoms with Crippen LogP contribution in [0.25, 0.3) is 23.0 Å². The van der Waals surface area contributed by atoms with E-state index in [4.69, 9.17) is 21.4 Å². The minimum absolute atomic E-state index is 0.217. The molecule has 0 spiro atoms. The van der Waals surface area contributed by atoms with Crippen molar-refractivity contribution < 1.29 is 9.53 Å². The fraction of sp³-hybridized carbons (Fsp3) is 0.162. The Morgan fingerprint density at radius 3 is 2.33 bits per heavy atom. The maximum Gasteiger partial charge on any atom is 0.286 e. The number of aliphatic imine (C=N–C) groups is 1. The standard InChI is InChI=1S/C37H32ClN5O2S/c38-31-16-14-28(15-17-31)26-45-33-13-7-10-29(22-33)35-30(25-43(40-35)32-11-5-2-6-12-32)23-34-36(44)39-37(46-34)42-20-18-41(19-21-42)24-27-8-3-1-4-9-27/h1-17,22-23,25H,18-21,24,26H2/b34-23-. The highest BCUT2D eigenvalue weighted by atomic mass is 35.5. The van der Waals surface area contributed by atoms with Gasteiger partial charge >= 0.3 is 0 Å². The minimum Gasteiger partial charge on any atom is -0.489 e. The Morgan fingerprint density at radius 2 is 1.57 bits per heavy atom. The van der Waals surface area contributed by atoms with Crippen LogP contribution >= 0.6 is 23.4 Å². The van der Waals surface area contributed by atoms with Gasteiger partial charge in [0.05, 0.1) is 10.6 Å². The van der Waals surface area contributed by atoms with Gasteiger partial charge in [0.1, 0.15) is 18.1 Å². The number of carbonyl (C=O) groups is 1. The first-order valence-corrected chi connectivity index (χ1v) is 16.4. The van der Waals surface area contributed by atoms with Gasteiger partial charge in [-0.3, -0.25) is 9.69 Å². The van der Waals surface area contributed by atoms with Gasteiger partial charge in [-0.2, -0.15) is 10.1 Å². The van der Waals surface area contributed by atoms with Gasteiger partial charge in [-0.1, -0.05) is 84.4 Å². The lowest BCUT2D eigenvalue weighted by molar-refractivity contribution is -0.113. The highest BCUT2D eigenvalue weighted by Gasteiger charge is 2.29. The molecule has 4 aromatic carbocycles. The van der Waals surface area contributed by atoms with Crippen LogP contribution in [-0.4, -0.2) is 56.8 Å². The largest absolute Gasteiger partial charge is 0.489 e. The third-order valence-electron chi connectivity index (χ3n) is 7.98. The molecule has 0 bridgehead atoms. The maximum absolute atomic E-state index is 13.2. The Kier molecular flexibility index (Phi) is 9.01. The predicted molar refractivity (Wildman–Crippen MR) is 186 cm³/mol. The molecule has 1 amide bonds. The number of hydrogen-bond donors (Lipinski definition) is 0. The molecule has 2 aliphatic heterocycles. The summed E-state index contributed by atoms with van der Waals surface area (Å²) in [4.78, 5) is 22.9. The van der Waals surface area contributed by atoms with E-state index in [1.165, 1.54) is 17.3 Å². The zero-order valence-electron chi connectivity index (χ0n) is 25.1. The van der Waals surface area contributed by atoms with Gasteiger partial charge in [-0.15, -0.1) is 0 Å². The van der Waals surface area contributed by atoms with Gasteiger partial charge in [0.25, 0.3) is 5.91 Å². The van der Waals surface area contributed by atoms with E-state index in [-0.39, 0.29) is 5.91 Å². The summed E-state index contributed by atoms with van der Waals surface area (Å²) in [7, 11) is 0. The molecule has 7 rings (SSSR count). The van der Waals surface area contributed by atoms with Crippen molar-refractivity contribution in [2.24, 2.45) is 4.99 Å². The van der Waals surface area contributed by atoms with E-state index >= 15 is 0 Å². The van der Waals surface area contributed by atoms with E-state index in [0.29, 0.717) is 16.5 Å². The summed E-state index contributed by atoms with van der Waals surface area (Å²) in [6, 6.07) is 36.0. The van der Waals surface area contributed by atoms with Crippen LogP contribution in [0.1, 0.15) is 16.7 Å². The van der Waals surface area contributed by atoms with Crippen LogP contribution in [0, 0.1) is 0 Å². The Hall–Kier alpha value is -4.63. The van der Waals surface area contributed by atoms with Crippen molar-refractivity contribution in [1.82, 2.24) is 19.6 Å². The highest BCUT2D eigenvalue weighted by molar-refractivity contribution is 8.18. The molecule has 3 heterocycles. The van der Waals surface area contributed by atoms with Crippen molar-refractivity contribution in [2.75, 3.05) is 26.2 Å². The number of thioether (sulfide) groups is 1. The van der Waals surface area contributed by atoms with Gasteiger partial charge < -0.3 is 9.64 Å². The zero-order valence-corrected chi connectivity index (χ0v) is 26.7. The summed E-state index contributed by atoms with van der Waals surface area (Å²) in [5.41, 5.74) is 5.75. The van der Waals surface area contributed by atoms with Gasteiger partial charge in [0.15, 0.2) is 5.17 Å². The average Bonchev–Trinajstić information content (AvgIpc) is 3.69. The molecular formula is C37H32ClN5O2S. The van der Waals surface area contributed by atoms with Crippen molar-refractivity contribution in [3.63, 3.8) is 0 Å². The first-order chi connectivity index (χ1) is 22.6. The third kappa shape index (κ3) is 7.10. The Labute approximate surface area is 277 Å². The van der Waals surface area contributed by atoms with E-state index in [2.05, 4.69) is 39.1 Å². The average molecular weight is 646 g/mol. The first-order valence-electron chi connectivity index (χ1n) is 15.2. The van der Waals surface area contributed by atoms with Gasteiger partial charge in [-0.05, 0) is 65.4 Å². The lowest BCUT2D eigenvalue weighted by Gasteiger charge is -2.35. The van der Waals surface area contributed by atoms with Crippen LogP contribution in [0.5, 0.6) is 5.75 Å². The molecule has 5 aromatic rings. The number of rotatable bonds is 8. The third-order valence-corrected chi connectivity index (χ3v) is 9.27. The van der Waals surface area contributed by atoms with Crippen LogP contribution in [0.4, 0.5) is 0 Å². The summed E-state index contributed by atoms with van der Waals surface area (Å²) in [6.45, 7) is 4.86. The number of amides is 1. The number of halogens is 1. The van der Waals surface area contributed by atoms with Gasteiger partial charge in [0, 0.05) is 55.1 Å². The van der Waals surface area contributed by atoms with Crippen molar-refractivity contribution in [2.45, 2.75) is 13.2 Å². The van der Waals surface area contributed by atoms with Crippen molar-refractivity contribution in [3.05, 3.63) is 142 Å². The molecule has 1 fully saturated rings. The molecule has 0 unspecified atom stereocenters. The van der Waals surface area contributed by atoms with E-state index in [1.54, 1.807) is 0 Å². The second-order valence-corrected chi connectivity index (χ2v) is 12.7. The number of carbonyl (C=O) groups excluding carboxylic acids is 1. The predicted octanol–water partition coefficient (Wildman–Crippen LogP) is 7.56. The summed E-state index contributed by atoms with van der Waals surface area (Å²) in [6.07, 6.45) is 3.88. The van der Waals surface area contributed by atoms with Crippen LogP contribution < -0.4 is 4.74 Å². The van der Waals surface area contributed by atoms with E-state index in [0.717, 1.165) is 71.7 Å². The topological polar surface area (TPSA) is 63.0 Å². The molecule has 7 nitrogen and oxygen atoms in total. The molecule has 9 heteroatoms. The van der Waals surface area contributed by atoms with E-state index in [1.807, 2.05) is 102 Å². The minimum atomic E-state index is -0.217. The number of amidine groups is 1. The summed E-state index contributed by atoms with van der Waals surface area (Å²) in [5.74, 6) is 0.508. The van der Waals surface area contributed by atoms with Gasteiger partial charge in [0.2, 0.25) is 0 Å². The molecule has 2 aliphatic rings. The van der Waals surface area contributed by atoms with Crippen LogP contribution in [0.15, 0.2) is 125 Å². The summed E-state index contributed by atoms with van der Waals surface area (Å²) in [5, 5.41) is 6.43.